The zero-order valence-electron chi connectivity index (χ0n) is 17.6. The molecule has 23 heavy (non-hydrogen) atoms. The SMILES string of the molecule is CC[CH2][Sn]([CH2]CC)([CH2]CC)[N](CC)[Sn]([CH2]CC)([CH2]CC)[CH2]CC. The van der Waals surface area contributed by atoms with Crippen LogP contribution in [0.3, 0.4) is 0 Å². The third kappa shape index (κ3) is 7.00. The molecule has 0 heterocycles. The van der Waals surface area contributed by atoms with E-state index in [1.807, 2.05) is 0 Å². The van der Waals surface area contributed by atoms with Crippen molar-refractivity contribution in [3.8, 4) is 0 Å². The van der Waals surface area contributed by atoms with E-state index in [9.17, 15) is 0 Å². The second kappa shape index (κ2) is 13.7. The number of rotatable bonds is 15. The first-order valence-electron chi connectivity index (χ1n) is 10.8. The van der Waals surface area contributed by atoms with Gasteiger partial charge in [-0.25, -0.2) is 0 Å². The molecule has 0 atom stereocenters. The van der Waals surface area contributed by atoms with Crippen molar-refractivity contribution in [2.45, 2.75) is 114 Å². The third-order valence-electron chi connectivity index (χ3n) is 5.75. The molecule has 0 aromatic rings. The van der Waals surface area contributed by atoms with Gasteiger partial charge >= 0.3 is 159 Å². The van der Waals surface area contributed by atoms with Gasteiger partial charge in [-0.05, 0) is 0 Å². The molecule has 0 rings (SSSR count). The van der Waals surface area contributed by atoms with E-state index in [4.69, 9.17) is 0 Å². The minimum atomic E-state index is -2.15. The van der Waals surface area contributed by atoms with Crippen LogP contribution in [0.1, 0.15) is 87.0 Å². The van der Waals surface area contributed by atoms with Gasteiger partial charge in [0.05, 0.1) is 0 Å². The van der Waals surface area contributed by atoms with Gasteiger partial charge in [-0.1, -0.05) is 0 Å². The van der Waals surface area contributed by atoms with E-state index in [-0.39, 0.29) is 0 Å². The first-order chi connectivity index (χ1) is 11.1. The summed E-state index contributed by atoms with van der Waals surface area (Å²) >= 11 is -4.31. The summed E-state index contributed by atoms with van der Waals surface area (Å²) in [5, 5.41) is 0. The number of hydrogen-bond donors (Lipinski definition) is 0. The first-order valence-corrected chi connectivity index (χ1v) is 25.5. The average Bonchev–Trinajstić information content (AvgIpc) is 2.49. The van der Waals surface area contributed by atoms with E-state index in [0.29, 0.717) is 0 Å². The summed E-state index contributed by atoms with van der Waals surface area (Å²) in [4.78, 5) is 0. The fourth-order valence-electron chi connectivity index (χ4n) is 5.53. The number of hydrogen-bond acceptors (Lipinski definition) is 1. The van der Waals surface area contributed by atoms with Crippen molar-refractivity contribution in [1.82, 2.24) is 1.34 Å². The topological polar surface area (TPSA) is 3.24 Å². The molecule has 0 aromatic heterocycles. The Balaban J connectivity index is 5.91. The van der Waals surface area contributed by atoms with Crippen LogP contribution < -0.4 is 0 Å². The van der Waals surface area contributed by atoms with Crippen molar-refractivity contribution < 1.29 is 0 Å². The molecule has 0 N–H and O–H groups in total. The van der Waals surface area contributed by atoms with E-state index >= 15 is 0 Å². The molecule has 0 saturated carbocycles. The molecule has 0 aliphatic rings. The van der Waals surface area contributed by atoms with Crippen molar-refractivity contribution in [2.24, 2.45) is 0 Å². The fraction of sp³-hybridized carbons (Fsp3) is 1.00. The number of nitrogens with zero attached hydrogens (tertiary/aromatic N) is 1. The Kier molecular flexibility index (Phi) is 14.6. The van der Waals surface area contributed by atoms with Crippen molar-refractivity contribution >= 4 is 37.3 Å². The molecule has 0 radical (unpaired) electrons. The van der Waals surface area contributed by atoms with E-state index < -0.39 is 37.3 Å². The molecule has 0 spiro atoms. The summed E-state index contributed by atoms with van der Waals surface area (Å²) in [6.07, 6.45) is 8.66. The Morgan fingerprint density at radius 1 is 0.435 bits per heavy atom. The normalized spacial score (nSPS) is 13.0. The van der Waals surface area contributed by atoms with Crippen LogP contribution in [0, 0.1) is 0 Å². The molecule has 0 unspecified atom stereocenters. The second-order valence-electron chi connectivity index (χ2n) is 7.69. The van der Waals surface area contributed by atoms with Gasteiger partial charge in [-0.2, -0.15) is 0 Å². The fourth-order valence-corrected chi connectivity index (χ4v) is 69.2. The Morgan fingerprint density at radius 3 is 0.783 bits per heavy atom. The quantitative estimate of drug-likeness (QED) is 0.193. The van der Waals surface area contributed by atoms with Gasteiger partial charge in [0.1, 0.15) is 0 Å². The predicted molar refractivity (Wildman–Crippen MR) is 114 cm³/mol. The van der Waals surface area contributed by atoms with Gasteiger partial charge in [0.2, 0.25) is 0 Å². The predicted octanol–water partition coefficient (Wildman–Crippen LogP) is 7.66. The van der Waals surface area contributed by atoms with Crippen molar-refractivity contribution in [3.63, 3.8) is 0 Å². The zero-order chi connectivity index (χ0) is 17.8. The molecule has 0 saturated heterocycles. The summed E-state index contributed by atoms with van der Waals surface area (Å²) in [6.45, 7) is 18.7. The summed E-state index contributed by atoms with van der Waals surface area (Å²) in [6, 6.07) is 0. The Bertz CT molecular complexity index is 221. The summed E-state index contributed by atoms with van der Waals surface area (Å²) < 4.78 is 13.3. The molecule has 0 amide bonds. The van der Waals surface area contributed by atoms with Gasteiger partial charge in [0.25, 0.3) is 0 Å². The van der Waals surface area contributed by atoms with Crippen molar-refractivity contribution in [1.29, 1.82) is 0 Å². The molecular weight excluding hydrogens is 492 g/mol. The van der Waals surface area contributed by atoms with Crippen LogP contribution in [0.5, 0.6) is 0 Å². The van der Waals surface area contributed by atoms with Crippen LogP contribution in [-0.4, -0.2) is 45.2 Å². The van der Waals surface area contributed by atoms with Gasteiger partial charge in [0.15, 0.2) is 0 Å². The van der Waals surface area contributed by atoms with Gasteiger partial charge in [0, 0.05) is 0 Å². The van der Waals surface area contributed by atoms with Crippen LogP contribution in [-0.2, 0) is 0 Å². The summed E-state index contributed by atoms with van der Waals surface area (Å²) in [5.41, 5.74) is 0. The Labute approximate surface area is 157 Å². The molecular formula is C20H47NSn2. The Morgan fingerprint density at radius 2 is 0.652 bits per heavy atom. The standard InChI is InChI=1S/6C3H7.C2H5N.2Sn/c6*1-3-2;1-2-3;;/h6*1,3H2,2H3;2H2,1H3;;. The molecule has 140 valence electrons. The molecule has 0 bridgehead atoms. The molecule has 0 aliphatic carbocycles. The van der Waals surface area contributed by atoms with Crippen molar-refractivity contribution in [3.05, 3.63) is 0 Å². The summed E-state index contributed by atoms with van der Waals surface area (Å²) in [7, 11) is 0. The van der Waals surface area contributed by atoms with Gasteiger partial charge in [-0.3, -0.25) is 0 Å². The monoisotopic (exact) mass is 541 g/mol. The average molecular weight is 539 g/mol. The van der Waals surface area contributed by atoms with Crippen LogP contribution in [0.25, 0.3) is 0 Å². The molecule has 0 fully saturated rings. The second-order valence-corrected chi connectivity index (χ2v) is 37.0. The van der Waals surface area contributed by atoms with Crippen LogP contribution in [0.4, 0.5) is 0 Å². The van der Waals surface area contributed by atoms with E-state index in [2.05, 4.69) is 49.8 Å². The first kappa shape index (κ1) is 24.6. The zero-order valence-corrected chi connectivity index (χ0v) is 23.3. The van der Waals surface area contributed by atoms with E-state index in [0.717, 1.165) is 0 Å². The molecule has 3 heteroatoms. The van der Waals surface area contributed by atoms with E-state index in [1.165, 1.54) is 45.1 Å². The maximum atomic E-state index is 3.44. The molecule has 0 aliphatic heterocycles. The van der Waals surface area contributed by atoms with Crippen LogP contribution in [0.15, 0.2) is 0 Å². The summed E-state index contributed by atoms with van der Waals surface area (Å²) in [5.74, 6) is 0. The Hall–Kier alpha value is 1.56. The van der Waals surface area contributed by atoms with Crippen molar-refractivity contribution in [2.75, 3.05) is 6.54 Å². The molecule has 0 aromatic carbocycles. The minimum absolute atomic E-state index is 1.41. The van der Waals surface area contributed by atoms with Crippen LogP contribution in [0.2, 0.25) is 26.6 Å². The maximum absolute atomic E-state index is 3.44. The molecule has 1 nitrogen and oxygen atoms in total. The van der Waals surface area contributed by atoms with Gasteiger partial charge in [-0.15, -0.1) is 0 Å². The van der Waals surface area contributed by atoms with E-state index in [1.54, 1.807) is 26.6 Å². The van der Waals surface area contributed by atoms with Crippen LogP contribution >= 0.6 is 0 Å². The van der Waals surface area contributed by atoms with Gasteiger partial charge < -0.3 is 0 Å². The third-order valence-corrected chi connectivity index (χ3v) is 56.8.